The second-order valence-electron chi connectivity index (χ2n) is 6.11. The van der Waals surface area contributed by atoms with E-state index in [0.717, 1.165) is 0 Å². The highest BCUT2D eigenvalue weighted by Gasteiger charge is 2.17. The number of anilines is 1. The third kappa shape index (κ3) is 5.79. The van der Waals surface area contributed by atoms with Gasteiger partial charge in [-0.05, 0) is 48.0 Å². The van der Waals surface area contributed by atoms with E-state index >= 15 is 0 Å². The molecule has 0 spiro atoms. The first kappa shape index (κ1) is 21.3. The van der Waals surface area contributed by atoms with Gasteiger partial charge >= 0.3 is 6.09 Å². The SMILES string of the molecule is NC(=NOC(=O)Nc1ccc(Cl)cc1)c1cccc(CS(=O)(=O)c2ccccn2)c1. The van der Waals surface area contributed by atoms with E-state index in [1.807, 2.05) is 0 Å². The summed E-state index contributed by atoms with van der Waals surface area (Å²) in [6, 6.07) is 17.6. The lowest BCUT2D eigenvalue weighted by atomic mass is 10.1. The van der Waals surface area contributed by atoms with Crippen LogP contribution in [0.4, 0.5) is 10.5 Å². The van der Waals surface area contributed by atoms with E-state index < -0.39 is 15.9 Å². The zero-order valence-electron chi connectivity index (χ0n) is 15.5. The number of nitrogens with zero attached hydrogens (tertiary/aromatic N) is 2. The van der Waals surface area contributed by atoms with Gasteiger partial charge in [0.05, 0.1) is 5.75 Å². The van der Waals surface area contributed by atoms with Gasteiger partial charge in [0.15, 0.2) is 20.7 Å². The molecule has 2 aromatic carbocycles. The lowest BCUT2D eigenvalue weighted by Crippen LogP contribution is -2.18. The molecule has 0 aliphatic rings. The Morgan fingerprint density at radius 3 is 2.57 bits per heavy atom. The van der Waals surface area contributed by atoms with Crippen LogP contribution in [0.3, 0.4) is 0 Å². The van der Waals surface area contributed by atoms with Crippen LogP contribution in [0.1, 0.15) is 11.1 Å². The summed E-state index contributed by atoms with van der Waals surface area (Å²) in [5, 5.41) is 6.58. The number of oxime groups is 1. The fourth-order valence-electron chi connectivity index (χ4n) is 2.46. The minimum atomic E-state index is -3.62. The number of halogens is 1. The second kappa shape index (κ2) is 9.38. The Hall–Kier alpha value is -3.43. The standard InChI is InChI=1S/C20H17ClN4O4S/c21-16-7-9-17(10-8-16)24-20(26)29-25-19(22)15-5-3-4-14(12-15)13-30(27,28)18-6-1-2-11-23-18/h1-12H,13H2,(H2,22,25)(H,24,26). The molecular weight excluding hydrogens is 428 g/mol. The molecule has 1 aromatic heterocycles. The number of carbonyl (C=O) groups is 1. The molecular formula is C20H17ClN4O4S. The molecule has 1 heterocycles. The molecule has 1 amide bonds. The molecule has 0 saturated heterocycles. The maximum Gasteiger partial charge on any atom is 0.437 e. The van der Waals surface area contributed by atoms with Gasteiger partial charge in [-0.25, -0.2) is 18.2 Å². The fraction of sp³-hybridized carbons (Fsp3) is 0.0500. The zero-order chi connectivity index (χ0) is 21.6. The summed E-state index contributed by atoms with van der Waals surface area (Å²) < 4.78 is 25.0. The maximum atomic E-state index is 12.5. The Kier molecular flexibility index (Phi) is 6.65. The smallest absolute Gasteiger partial charge is 0.380 e. The number of amides is 1. The van der Waals surface area contributed by atoms with Crippen molar-refractivity contribution in [2.75, 3.05) is 5.32 Å². The topological polar surface area (TPSA) is 124 Å². The largest absolute Gasteiger partial charge is 0.437 e. The number of nitrogens with one attached hydrogen (secondary N) is 1. The third-order valence-corrected chi connectivity index (χ3v) is 5.70. The highest BCUT2D eigenvalue weighted by molar-refractivity contribution is 7.90. The summed E-state index contributed by atoms with van der Waals surface area (Å²) in [7, 11) is -3.62. The van der Waals surface area contributed by atoms with Gasteiger partial charge in [0, 0.05) is 22.5 Å². The highest BCUT2D eigenvalue weighted by atomic mass is 35.5. The lowest BCUT2D eigenvalue weighted by molar-refractivity contribution is 0.166. The van der Waals surface area contributed by atoms with Crippen LogP contribution < -0.4 is 11.1 Å². The number of amidine groups is 1. The van der Waals surface area contributed by atoms with Gasteiger partial charge in [-0.2, -0.15) is 0 Å². The average molecular weight is 445 g/mol. The van der Waals surface area contributed by atoms with E-state index in [1.165, 1.54) is 12.3 Å². The molecule has 0 fully saturated rings. The molecule has 0 aliphatic carbocycles. The van der Waals surface area contributed by atoms with Crippen molar-refractivity contribution >= 4 is 39.1 Å². The molecule has 8 nitrogen and oxygen atoms in total. The number of hydrogen-bond acceptors (Lipinski definition) is 6. The molecule has 0 aliphatic heterocycles. The predicted molar refractivity (Wildman–Crippen MR) is 114 cm³/mol. The molecule has 0 unspecified atom stereocenters. The maximum absolute atomic E-state index is 12.5. The van der Waals surface area contributed by atoms with Crippen molar-refractivity contribution in [1.82, 2.24) is 4.98 Å². The summed E-state index contributed by atoms with van der Waals surface area (Å²) in [5.41, 5.74) is 7.23. The van der Waals surface area contributed by atoms with Gasteiger partial charge in [0.1, 0.15) is 0 Å². The van der Waals surface area contributed by atoms with Crippen LogP contribution in [-0.4, -0.2) is 25.3 Å². The number of pyridine rings is 1. The van der Waals surface area contributed by atoms with Gasteiger partial charge < -0.3 is 5.73 Å². The lowest BCUT2D eigenvalue weighted by Gasteiger charge is -2.07. The number of aromatic nitrogens is 1. The molecule has 154 valence electrons. The molecule has 3 rings (SSSR count). The molecule has 0 bridgehead atoms. The van der Waals surface area contributed by atoms with Crippen molar-refractivity contribution in [2.45, 2.75) is 10.8 Å². The van der Waals surface area contributed by atoms with Crippen molar-refractivity contribution in [3.63, 3.8) is 0 Å². The third-order valence-electron chi connectivity index (χ3n) is 3.85. The van der Waals surface area contributed by atoms with Gasteiger partial charge in [0.25, 0.3) is 0 Å². The van der Waals surface area contributed by atoms with E-state index in [-0.39, 0.29) is 16.6 Å². The van der Waals surface area contributed by atoms with Crippen LogP contribution in [0.25, 0.3) is 0 Å². The first-order valence-electron chi connectivity index (χ1n) is 8.63. The number of benzene rings is 2. The van der Waals surface area contributed by atoms with Crippen LogP contribution >= 0.6 is 11.6 Å². The van der Waals surface area contributed by atoms with E-state index in [2.05, 4.69) is 15.5 Å². The Balaban J connectivity index is 1.67. The monoisotopic (exact) mass is 444 g/mol. The van der Waals surface area contributed by atoms with Crippen LogP contribution in [0, 0.1) is 0 Å². The van der Waals surface area contributed by atoms with Crippen LogP contribution in [0.15, 0.2) is 83.1 Å². The van der Waals surface area contributed by atoms with Crippen LogP contribution in [-0.2, 0) is 20.4 Å². The minimum Gasteiger partial charge on any atom is -0.380 e. The van der Waals surface area contributed by atoms with Crippen molar-refractivity contribution in [3.8, 4) is 0 Å². The first-order chi connectivity index (χ1) is 14.3. The number of hydrogen-bond donors (Lipinski definition) is 2. The van der Waals surface area contributed by atoms with Crippen molar-refractivity contribution in [3.05, 3.63) is 89.1 Å². The zero-order valence-corrected chi connectivity index (χ0v) is 17.1. The Labute approximate surface area is 178 Å². The van der Waals surface area contributed by atoms with Crippen LogP contribution in [0.2, 0.25) is 5.02 Å². The van der Waals surface area contributed by atoms with Gasteiger partial charge in [-0.3, -0.25) is 10.2 Å². The van der Waals surface area contributed by atoms with E-state index in [9.17, 15) is 13.2 Å². The number of sulfone groups is 1. The second-order valence-corrected chi connectivity index (χ2v) is 8.49. The van der Waals surface area contributed by atoms with Gasteiger partial charge in [-0.15, -0.1) is 0 Å². The summed E-state index contributed by atoms with van der Waals surface area (Å²) in [6.45, 7) is 0. The Bertz CT molecular complexity index is 1170. The van der Waals surface area contributed by atoms with E-state index in [0.29, 0.717) is 21.8 Å². The van der Waals surface area contributed by atoms with Crippen molar-refractivity contribution in [1.29, 1.82) is 0 Å². The van der Waals surface area contributed by atoms with E-state index in [4.69, 9.17) is 22.2 Å². The predicted octanol–water partition coefficient (Wildman–Crippen LogP) is 3.58. The summed E-state index contributed by atoms with van der Waals surface area (Å²) >= 11 is 5.78. The fourth-order valence-corrected chi connectivity index (χ4v) is 3.86. The van der Waals surface area contributed by atoms with Gasteiger partial charge in [-0.1, -0.05) is 41.0 Å². The first-order valence-corrected chi connectivity index (χ1v) is 10.7. The minimum absolute atomic E-state index is 0.0146. The highest BCUT2D eigenvalue weighted by Crippen LogP contribution is 2.16. The van der Waals surface area contributed by atoms with Crippen molar-refractivity contribution in [2.24, 2.45) is 10.9 Å². The average Bonchev–Trinajstić information content (AvgIpc) is 2.74. The molecule has 10 heteroatoms. The molecule has 3 N–H and O–H groups in total. The number of carbonyl (C=O) groups excluding carboxylic acids is 1. The Morgan fingerprint density at radius 1 is 1.10 bits per heavy atom. The number of rotatable bonds is 6. The summed E-state index contributed by atoms with van der Waals surface area (Å²) in [4.78, 5) is 20.5. The normalized spacial score (nSPS) is 11.7. The number of nitrogens with two attached hydrogens (primary N) is 1. The Morgan fingerprint density at radius 2 is 1.87 bits per heavy atom. The molecule has 0 atom stereocenters. The molecule has 3 aromatic rings. The summed E-state index contributed by atoms with van der Waals surface area (Å²) in [6.07, 6.45) is 0.578. The van der Waals surface area contributed by atoms with Gasteiger partial charge in [0.2, 0.25) is 0 Å². The molecule has 0 radical (unpaired) electrons. The van der Waals surface area contributed by atoms with E-state index in [1.54, 1.807) is 60.7 Å². The van der Waals surface area contributed by atoms with Crippen LogP contribution in [0.5, 0.6) is 0 Å². The van der Waals surface area contributed by atoms with Crippen molar-refractivity contribution < 1.29 is 18.0 Å². The molecule has 30 heavy (non-hydrogen) atoms. The molecule has 0 saturated carbocycles. The summed E-state index contributed by atoms with van der Waals surface area (Å²) in [5.74, 6) is -0.346. The quantitative estimate of drug-likeness (QED) is 0.259.